The predicted octanol–water partition coefficient (Wildman–Crippen LogP) is 3.74. The number of para-hydroxylation sites is 1. The highest BCUT2D eigenvalue weighted by Crippen LogP contribution is 2.30. The summed E-state index contributed by atoms with van der Waals surface area (Å²) in [6.07, 6.45) is 2.23. The molecule has 0 N–H and O–H groups in total. The zero-order chi connectivity index (χ0) is 23.0. The zero-order valence-corrected chi connectivity index (χ0v) is 19.5. The smallest absolute Gasteiger partial charge is 0.245 e. The zero-order valence-electron chi connectivity index (χ0n) is 18.7. The molecule has 2 aromatic heterocycles. The number of ether oxygens (including phenoxy) is 1. The van der Waals surface area contributed by atoms with Gasteiger partial charge in [-0.25, -0.2) is 8.42 Å². The van der Waals surface area contributed by atoms with E-state index in [4.69, 9.17) is 4.74 Å². The fourth-order valence-corrected chi connectivity index (χ4v) is 5.91. The molecule has 5 rings (SSSR count). The average Bonchev–Trinajstić information content (AvgIpc) is 3.15. The van der Waals surface area contributed by atoms with E-state index in [0.717, 1.165) is 27.9 Å². The number of hydrogen-bond donors (Lipinski definition) is 0. The minimum atomic E-state index is -3.71. The van der Waals surface area contributed by atoms with Crippen molar-refractivity contribution in [1.82, 2.24) is 19.1 Å². The number of nitrogens with zero attached hydrogens (tertiary/aromatic N) is 4. The van der Waals surface area contributed by atoms with Crippen molar-refractivity contribution >= 4 is 20.9 Å². The van der Waals surface area contributed by atoms with Crippen molar-refractivity contribution in [3.63, 3.8) is 0 Å². The van der Waals surface area contributed by atoms with Crippen LogP contribution in [0.25, 0.3) is 10.9 Å². The lowest BCUT2D eigenvalue weighted by molar-refractivity contribution is 0.103. The highest BCUT2D eigenvalue weighted by atomic mass is 32.2. The van der Waals surface area contributed by atoms with Gasteiger partial charge in [-0.3, -0.25) is 9.67 Å². The molecule has 0 saturated carbocycles. The summed E-state index contributed by atoms with van der Waals surface area (Å²) in [4.78, 5) is 4.58. The van der Waals surface area contributed by atoms with E-state index in [9.17, 15) is 8.42 Å². The number of rotatable bonds is 6. The highest BCUT2D eigenvalue weighted by Gasteiger charge is 2.33. The molecule has 0 spiro atoms. The van der Waals surface area contributed by atoms with Crippen molar-refractivity contribution < 1.29 is 13.2 Å². The standard InChI is InChI=1S/C25H26N4O3S/c1-18-8-10-19(11-9-18)16-32-17-22-21-15-29(14-12-23(21)28(2)27-22)33(30,31)24-7-3-5-20-6-4-13-26-25(20)24/h3-11,13H,12,14-17H2,1-2H3. The van der Waals surface area contributed by atoms with Gasteiger partial charge in [-0.2, -0.15) is 9.40 Å². The molecule has 0 fully saturated rings. The van der Waals surface area contributed by atoms with Crippen molar-refractivity contribution in [1.29, 1.82) is 0 Å². The molecule has 7 nitrogen and oxygen atoms in total. The Labute approximate surface area is 193 Å². The van der Waals surface area contributed by atoms with E-state index in [1.165, 1.54) is 9.87 Å². The van der Waals surface area contributed by atoms with E-state index in [0.29, 0.717) is 31.7 Å². The van der Waals surface area contributed by atoms with Crippen LogP contribution in [0.1, 0.15) is 28.1 Å². The highest BCUT2D eigenvalue weighted by molar-refractivity contribution is 7.89. The van der Waals surface area contributed by atoms with E-state index < -0.39 is 10.0 Å². The van der Waals surface area contributed by atoms with Gasteiger partial charge in [0.25, 0.3) is 0 Å². The second-order valence-corrected chi connectivity index (χ2v) is 10.3. The molecule has 3 heterocycles. The second-order valence-electron chi connectivity index (χ2n) is 8.39. The Hall–Kier alpha value is -3.07. The van der Waals surface area contributed by atoms with E-state index in [2.05, 4.69) is 41.3 Å². The van der Waals surface area contributed by atoms with E-state index in [-0.39, 0.29) is 11.4 Å². The molecular formula is C25H26N4O3S. The van der Waals surface area contributed by atoms with Gasteiger partial charge in [-0.05, 0) is 24.6 Å². The molecule has 0 atom stereocenters. The molecule has 0 saturated heterocycles. The third kappa shape index (κ3) is 4.17. The topological polar surface area (TPSA) is 77.3 Å². The van der Waals surface area contributed by atoms with Crippen LogP contribution in [0.3, 0.4) is 0 Å². The molecule has 4 aromatic rings. The summed E-state index contributed by atoms with van der Waals surface area (Å²) in [5.74, 6) is 0. The van der Waals surface area contributed by atoms with Crippen LogP contribution in [0, 0.1) is 6.92 Å². The fourth-order valence-electron chi connectivity index (χ4n) is 4.34. The van der Waals surface area contributed by atoms with Gasteiger partial charge in [-0.1, -0.05) is 48.0 Å². The maximum atomic E-state index is 13.6. The quantitative estimate of drug-likeness (QED) is 0.436. The summed E-state index contributed by atoms with van der Waals surface area (Å²) in [6.45, 7) is 3.55. The molecule has 33 heavy (non-hydrogen) atoms. The van der Waals surface area contributed by atoms with Crippen molar-refractivity contribution in [2.75, 3.05) is 6.54 Å². The molecule has 0 bridgehead atoms. The van der Waals surface area contributed by atoms with Gasteiger partial charge in [0.05, 0.1) is 24.4 Å². The summed E-state index contributed by atoms with van der Waals surface area (Å²) >= 11 is 0. The summed E-state index contributed by atoms with van der Waals surface area (Å²) in [6, 6.07) is 17.2. The summed E-state index contributed by atoms with van der Waals surface area (Å²) in [7, 11) is -1.81. The molecule has 170 valence electrons. The average molecular weight is 463 g/mol. The third-order valence-corrected chi connectivity index (χ3v) is 8.01. The Morgan fingerprint density at radius 1 is 1.03 bits per heavy atom. The van der Waals surface area contributed by atoms with Crippen molar-refractivity contribution in [2.45, 2.75) is 38.0 Å². The number of benzene rings is 2. The molecule has 2 aromatic carbocycles. The molecule has 0 amide bonds. The number of pyridine rings is 1. The Balaban J connectivity index is 1.38. The van der Waals surface area contributed by atoms with E-state index in [1.54, 1.807) is 18.3 Å². The van der Waals surface area contributed by atoms with Crippen LogP contribution in [0.15, 0.2) is 65.7 Å². The van der Waals surface area contributed by atoms with Crippen molar-refractivity contribution in [2.24, 2.45) is 7.05 Å². The minimum Gasteiger partial charge on any atom is -0.370 e. The van der Waals surface area contributed by atoms with Gasteiger partial charge in [-0.15, -0.1) is 0 Å². The van der Waals surface area contributed by atoms with Crippen LogP contribution in [0.2, 0.25) is 0 Å². The Morgan fingerprint density at radius 3 is 2.64 bits per heavy atom. The first-order valence-electron chi connectivity index (χ1n) is 10.9. The van der Waals surface area contributed by atoms with Crippen molar-refractivity contribution in [3.05, 3.63) is 88.9 Å². The predicted molar refractivity (Wildman–Crippen MR) is 126 cm³/mol. The number of aryl methyl sites for hydroxylation is 2. The molecule has 1 aliphatic heterocycles. The molecule has 8 heteroatoms. The van der Waals surface area contributed by atoms with Crippen LogP contribution in [-0.4, -0.2) is 34.0 Å². The fraction of sp³-hybridized carbons (Fsp3) is 0.280. The Morgan fingerprint density at radius 2 is 1.82 bits per heavy atom. The third-order valence-electron chi connectivity index (χ3n) is 6.13. The summed E-state index contributed by atoms with van der Waals surface area (Å²) in [5.41, 5.74) is 5.59. The molecule has 0 aliphatic carbocycles. The SMILES string of the molecule is Cc1ccc(COCc2nn(C)c3c2CN(S(=O)(=O)c2cccc4cccnc24)CC3)cc1. The summed E-state index contributed by atoms with van der Waals surface area (Å²) in [5, 5.41) is 5.44. The first-order chi connectivity index (χ1) is 15.9. The van der Waals surface area contributed by atoms with Crippen molar-refractivity contribution in [3.8, 4) is 0 Å². The van der Waals surface area contributed by atoms with E-state index in [1.807, 2.05) is 29.9 Å². The monoisotopic (exact) mass is 462 g/mol. The first kappa shape index (κ1) is 21.8. The van der Waals surface area contributed by atoms with Crippen LogP contribution >= 0.6 is 0 Å². The van der Waals surface area contributed by atoms with Gasteiger partial charge in [0.2, 0.25) is 10.0 Å². The molecular weight excluding hydrogens is 436 g/mol. The molecule has 1 aliphatic rings. The lowest BCUT2D eigenvalue weighted by atomic mass is 10.1. The molecule has 0 unspecified atom stereocenters. The van der Waals surface area contributed by atoms with E-state index >= 15 is 0 Å². The second kappa shape index (κ2) is 8.70. The van der Waals surface area contributed by atoms with Gasteiger partial charge in [0, 0.05) is 49.4 Å². The lowest BCUT2D eigenvalue weighted by Crippen LogP contribution is -2.36. The van der Waals surface area contributed by atoms with Gasteiger partial charge in [0.1, 0.15) is 4.90 Å². The first-order valence-corrected chi connectivity index (χ1v) is 12.4. The van der Waals surface area contributed by atoms with Crippen LogP contribution in [0.4, 0.5) is 0 Å². The van der Waals surface area contributed by atoms with Gasteiger partial charge >= 0.3 is 0 Å². The van der Waals surface area contributed by atoms with Gasteiger partial charge < -0.3 is 4.74 Å². The Bertz CT molecular complexity index is 1410. The van der Waals surface area contributed by atoms with Crippen LogP contribution < -0.4 is 0 Å². The number of sulfonamides is 1. The minimum absolute atomic E-state index is 0.241. The van der Waals surface area contributed by atoms with Gasteiger partial charge in [0.15, 0.2) is 0 Å². The van der Waals surface area contributed by atoms with Crippen LogP contribution in [0.5, 0.6) is 0 Å². The number of hydrogen-bond acceptors (Lipinski definition) is 5. The summed E-state index contributed by atoms with van der Waals surface area (Å²) < 4.78 is 36.5. The largest absolute Gasteiger partial charge is 0.370 e. The molecule has 0 radical (unpaired) electrons. The number of aromatic nitrogens is 3. The number of fused-ring (bicyclic) bond motifs is 2. The Kier molecular flexibility index (Phi) is 5.74. The normalized spacial score (nSPS) is 14.5. The lowest BCUT2D eigenvalue weighted by Gasteiger charge is -2.27. The van der Waals surface area contributed by atoms with Crippen LogP contribution in [-0.2, 0) is 48.0 Å². The maximum Gasteiger partial charge on any atom is 0.245 e. The maximum absolute atomic E-state index is 13.6.